The minimum Gasteiger partial charge on any atom is -0.455 e. The van der Waals surface area contributed by atoms with Crippen molar-refractivity contribution >= 4 is 5.97 Å². The number of esters is 1. The molecule has 0 aromatic rings. The molecule has 0 aliphatic carbocycles. The van der Waals surface area contributed by atoms with Crippen molar-refractivity contribution in [2.45, 2.75) is 210 Å². The van der Waals surface area contributed by atoms with E-state index in [0.29, 0.717) is 18.4 Å². The summed E-state index contributed by atoms with van der Waals surface area (Å²) >= 11 is 0. The predicted molar refractivity (Wildman–Crippen MR) is 171 cm³/mol. The average molecular weight is 609 g/mol. The third-order valence-electron chi connectivity index (χ3n) is 10.0. The van der Waals surface area contributed by atoms with Gasteiger partial charge >= 0.3 is 5.97 Å². The molecule has 0 saturated carbocycles. The molecular formula is C36H64O7. The zero-order valence-electron chi connectivity index (χ0n) is 27.6. The maximum absolute atomic E-state index is 11.7. The summed E-state index contributed by atoms with van der Waals surface area (Å²) in [5, 5.41) is 31.9. The van der Waals surface area contributed by atoms with E-state index in [-0.39, 0.29) is 36.5 Å². The van der Waals surface area contributed by atoms with Crippen molar-refractivity contribution in [2.24, 2.45) is 0 Å². The third-order valence-corrected chi connectivity index (χ3v) is 10.0. The first-order valence-corrected chi connectivity index (χ1v) is 18.0. The molecule has 7 nitrogen and oxygen atoms in total. The molecule has 3 aliphatic heterocycles. The maximum atomic E-state index is 11.7. The standard InChI is InChI=1S/C36H64O7/c1-4-5-6-7-8-9-13-16-19-30(38)31-21-22-32(42-31)33-23-24-36(3,43-33)34(39)20-17-14-11-10-12-15-18-29(37)26-28-25-27(2)41-35(28)40/h25,27,29-34,37-39H,4-24,26H2,1-3H3/t27-,29+,30+,31+,32+,33+,34+,36+/m0/s1. The van der Waals surface area contributed by atoms with Crippen LogP contribution in [0.25, 0.3) is 0 Å². The number of aliphatic hydroxyl groups is 3. The molecule has 2 saturated heterocycles. The van der Waals surface area contributed by atoms with Crippen molar-refractivity contribution in [3.05, 3.63) is 11.6 Å². The van der Waals surface area contributed by atoms with E-state index in [1.165, 1.54) is 44.9 Å². The van der Waals surface area contributed by atoms with Gasteiger partial charge in [-0.15, -0.1) is 0 Å². The zero-order valence-corrected chi connectivity index (χ0v) is 27.6. The molecule has 0 bridgehead atoms. The lowest BCUT2D eigenvalue weighted by Crippen LogP contribution is -2.41. The van der Waals surface area contributed by atoms with Gasteiger partial charge in [-0.25, -0.2) is 4.79 Å². The van der Waals surface area contributed by atoms with Gasteiger partial charge in [0, 0.05) is 12.0 Å². The molecule has 0 spiro atoms. The van der Waals surface area contributed by atoms with Crippen LogP contribution in [-0.2, 0) is 19.0 Å². The molecule has 0 radical (unpaired) electrons. The second-order valence-corrected chi connectivity index (χ2v) is 14.0. The topological polar surface area (TPSA) is 105 Å². The van der Waals surface area contributed by atoms with E-state index < -0.39 is 17.8 Å². The highest BCUT2D eigenvalue weighted by Crippen LogP contribution is 2.40. The molecule has 3 heterocycles. The highest BCUT2D eigenvalue weighted by Gasteiger charge is 2.46. The van der Waals surface area contributed by atoms with E-state index in [4.69, 9.17) is 14.2 Å². The van der Waals surface area contributed by atoms with Crippen molar-refractivity contribution in [1.82, 2.24) is 0 Å². The largest absolute Gasteiger partial charge is 0.455 e. The molecule has 8 atom stereocenters. The number of hydrogen-bond donors (Lipinski definition) is 3. The van der Waals surface area contributed by atoms with Crippen molar-refractivity contribution in [1.29, 1.82) is 0 Å². The van der Waals surface area contributed by atoms with Crippen LogP contribution in [0.1, 0.15) is 162 Å². The second kappa shape index (κ2) is 19.5. The van der Waals surface area contributed by atoms with Gasteiger partial charge in [0.15, 0.2) is 0 Å². The number of cyclic esters (lactones) is 1. The Labute approximate surface area is 262 Å². The lowest BCUT2D eigenvalue weighted by molar-refractivity contribution is -0.147. The number of ether oxygens (including phenoxy) is 3. The van der Waals surface area contributed by atoms with Crippen LogP contribution in [0, 0.1) is 0 Å². The van der Waals surface area contributed by atoms with E-state index in [1.54, 1.807) is 6.08 Å². The van der Waals surface area contributed by atoms with E-state index in [2.05, 4.69) is 13.8 Å². The average Bonchev–Trinajstić information content (AvgIpc) is 3.70. The summed E-state index contributed by atoms with van der Waals surface area (Å²) in [7, 11) is 0. The van der Waals surface area contributed by atoms with Gasteiger partial charge in [-0.3, -0.25) is 0 Å². The minimum absolute atomic E-state index is 0.00864. The van der Waals surface area contributed by atoms with E-state index in [9.17, 15) is 20.1 Å². The van der Waals surface area contributed by atoms with Crippen LogP contribution in [0.2, 0.25) is 0 Å². The van der Waals surface area contributed by atoms with Crippen LogP contribution in [0.3, 0.4) is 0 Å². The first-order valence-electron chi connectivity index (χ1n) is 18.0. The Morgan fingerprint density at radius 3 is 2.05 bits per heavy atom. The Morgan fingerprint density at radius 2 is 1.42 bits per heavy atom. The van der Waals surface area contributed by atoms with Gasteiger partial charge in [-0.2, -0.15) is 0 Å². The Balaban J connectivity index is 1.20. The summed E-state index contributed by atoms with van der Waals surface area (Å²) in [5.74, 6) is -0.291. The summed E-state index contributed by atoms with van der Waals surface area (Å²) < 4.78 is 17.9. The molecule has 3 aliphatic rings. The van der Waals surface area contributed by atoms with Crippen molar-refractivity contribution in [2.75, 3.05) is 0 Å². The van der Waals surface area contributed by atoms with Crippen LogP contribution in [0.4, 0.5) is 0 Å². The highest BCUT2D eigenvalue weighted by atomic mass is 16.6. The van der Waals surface area contributed by atoms with E-state index >= 15 is 0 Å². The number of unbranched alkanes of at least 4 members (excludes halogenated alkanes) is 12. The van der Waals surface area contributed by atoms with Crippen molar-refractivity contribution < 1.29 is 34.3 Å². The third kappa shape index (κ3) is 12.7. The van der Waals surface area contributed by atoms with Crippen LogP contribution in [0.15, 0.2) is 11.6 Å². The summed E-state index contributed by atoms with van der Waals surface area (Å²) in [6, 6.07) is 0. The quantitative estimate of drug-likeness (QED) is 0.0816. The smallest absolute Gasteiger partial charge is 0.334 e. The zero-order chi connectivity index (χ0) is 31.1. The van der Waals surface area contributed by atoms with Gasteiger partial charge in [0.2, 0.25) is 0 Å². The van der Waals surface area contributed by atoms with Gasteiger partial charge < -0.3 is 29.5 Å². The maximum Gasteiger partial charge on any atom is 0.334 e. The van der Waals surface area contributed by atoms with Gasteiger partial charge in [0.25, 0.3) is 0 Å². The lowest BCUT2D eigenvalue weighted by atomic mass is 9.91. The Kier molecular flexibility index (Phi) is 16.5. The molecule has 3 rings (SSSR count). The van der Waals surface area contributed by atoms with E-state index in [0.717, 1.165) is 83.5 Å². The normalized spacial score (nSPS) is 29.5. The molecule has 3 N–H and O–H groups in total. The fraction of sp³-hybridized carbons (Fsp3) is 0.917. The summed E-state index contributed by atoms with van der Waals surface area (Å²) in [6.07, 6.45) is 23.0. The molecule has 43 heavy (non-hydrogen) atoms. The molecule has 0 aromatic heterocycles. The van der Waals surface area contributed by atoms with Crippen LogP contribution in [-0.4, -0.2) is 69.6 Å². The van der Waals surface area contributed by atoms with Crippen molar-refractivity contribution in [3.63, 3.8) is 0 Å². The Hall–Kier alpha value is -0.990. The molecule has 0 amide bonds. The van der Waals surface area contributed by atoms with Gasteiger partial charge in [-0.05, 0) is 64.9 Å². The van der Waals surface area contributed by atoms with Crippen LogP contribution >= 0.6 is 0 Å². The highest BCUT2D eigenvalue weighted by molar-refractivity contribution is 5.90. The number of rotatable bonds is 23. The summed E-state index contributed by atoms with van der Waals surface area (Å²) in [4.78, 5) is 11.7. The molecule has 0 unspecified atom stereocenters. The number of hydrogen-bond acceptors (Lipinski definition) is 7. The van der Waals surface area contributed by atoms with Crippen molar-refractivity contribution in [3.8, 4) is 0 Å². The minimum atomic E-state index is -0.517. The fourth-order valence-corrected chi connectivity index (χ4v) is 7.19. The Morgan fingerprint density at radius 1 is 0.814 bits per heavy atom. The second-order valence-electron chi connectivity index (χ2n) is 14.0. The Bertz CT molecular complexity index is 815. The monoisotopic (exact) mass is 608 g/mol. The van der Waals surface area contributed by atoms with Gasteiger partial charge in [-0.1, -0.05) is 96.8 Å². The molecule has 0 aromatic carbocycles. The van der Waals surface area contributed by atoms with Crippen LogP contribution < -0.4 is 0 Å². The summed E-state index contributed by atoms with van der Waals surface area (Å²) in [5.41, 5.74) is 0.0877. The number of carbonyl (C=O) groups is 1. The SMILES string of the molecule is CCCCCCCCCC[C@@H](O)[C@H]1CC[C@H]([C@H]2CC[C@](C)([C@H](O)CCCCCCCC[C@@H](O)CC3=C[C@H](C)OC3=O)O2)O1. The number of aliphatic hydroxyl groups excluding tert-OH is 3. The molecule has 7 heteroatoms. The lowest BCUT2D eigenvalue weighted by Gasteiger charge is -2.32. The first-order chi connectivity index (χ1) is 20.7. The van der Waals surface area contributed by atoms with Gasteiger partial charge in [0.05, 0.1) is 42.2 Å². The fourth-order valence-electron chi connectivity index (χ4n) is 7.19. The van der Waals surface area contributed by atoms with E-state index in [1.807, 2.05) is 6.92 Å². The number of carbonyl (C=O) groups excluding carboxylic acids is 1. The molecule has 250 valence electrons. The molecule has 2 fully saturated rings. The predicted octanol–water partition coefficient (Wildman–Crippen LogP) is 7.47. The van der Waals surface area contributed by atoms with Crippen LogP contribution in [0.5, 0.6) is 0 Å². The van der Waals surface area contributed by atoms with Gasteiger partial charge in [0.1, 0.15) is 6.10 Å². The first kappa shape index (κ1) is 36.5. The molecular weight excluding hydrogens is 544 g/mol. The summed E-state index contributed by atoms with van der Waals surface area (Å²) in [6.45, 7) is 6.13.